The van der Waals surface area contributed by atoms with Gasteiger partial charge in [-0.3, -0.25) is 5.32 Å². The van der Waals surface area contributed by atoms with E-state index in [1.807, 2.05) is 29.6 Å². The second-order valence-electron chi connectivity index (χ2n) is 6.28. The Bertz CT molecular complexity index is 906. The number of nitrogens with zero attached hydrogens (tertiary/aromatic N) is 1. The summed E-state index contributed by atoms with van der Waals surface area (Å²) in [5, 5.41) is 2.06. The minimum atomic E-state index is -5.01. The third-order valence-electron chi connectivity index (χ3n) is 4.48. The van der Waals surface area contributed by atoms with Gasteiger partial charge in [0.25, 0.3) is 0 Å². The molecule has 5 nitrogen and oxygen atoms in total. The molecule has 2 amide bonds. The van der Waals surface area contributed by atoms with Crippen molar-refractivity contribution in [3.8, 4) is 11.5 Å². The lowest BCUT2D eigenvalue weighted by Gasteiger charge is -2.34. The van der Waals surface area contributed by atoms with E-state index in [2.05, 4.69) is 0 Å². The molecular weight excluding hydrogens is 385 g/mol. The van der Waals surface area contributed by atoms with E-state index in [-0.39, 0.29) is 29.6 Å². The molecule has 2 aliphatic heterocycles. The number of alkyl halides is 3. The highest BCUT2D eigenvalue weighted by atomic mass is 35.5. The zero-order chi connectivity index (χ0) is 19.2. The molecule has 2 heterocycles. The summed E-state index contributed by atoms with van der Waals surface area (Å²) >= 11 is 5.79. The van der Waals surface area contributed by atoms with Crippen LogP contribution in [-0.2, 0) is 13.0 Å². The molecule has 0 fully saturated rings. The molecule has 2 aromatic rings. The summed E-state index contributed by atoms with van der Waals surface area (Å²) in [4.78, 5) is 13.9. The molecule has 142 valence electrons. The predicted molar refractivity (Wildman–Crippen MR) is 90.6 cm³/mol. The van der Waals surface area contributed by atoms with Gasteiger partial charge < -0.3 is 14.4 Å². The standard InChI is InChI=1S/C18H14ClF3N2O3/c19-13-5-6-14-15(9-13)27-18(26-14,17(20,21)22)23-16(25)24-8-7-11-3-1-2-4-12(11)10-24/h1-6,9H,7-8,10H2,(H,23,25)/t18-/m0/s1. The minimum Gasteiger partial charge on any atom is -0.424 e. The van der Waals surface area contributed by atoms with Crippen LogP contribution in [0.3, 0.4) is 0 Å². The molecule has 27 heavy (non-hydrogen) atoms. The van der Waals surface area contributed by atoms with E-state index in [0.29, 0.717) is 6.42 Å². The monoisotopic (exact) mass is 398 g/mol. The van der Waals surface area contributed by atoms with Gasteiger partial charge in [-0.2, -0.15) is 13.2 Å². The number of hydrogen-bond acceptors (Lipinski definition) is 3. The molecule has 9 heteroatoms. The van der Waals surface area contributed by atoms with Crippen molar-refractivity contribution >= 4 is 17.6 Å². The Balaban J connectivity index is 1.57. The van der Waals surface area contributed by atoms with Crippen LogP contribution in [0.1, 0.15) is 11.1 Å². The minimum absolute atomic E-state index is 0.152. The normalized spacial score (nSPS) is 21.0. The van der Waals surface area contributed by atoms with Crippen LogP contribution in [0.4, 0.5) is 18.0 Å². The van der Waals surface area contributed by atoms with Gasteiger partial charge in [0.05, 0.1) is 0 Å². The highest BCUT2D eigenvalue weighted by molar-refractivity contribution is 6.30. The van der Waals surface area contributed by atoms with Crippen LogP contribution < -0.4 is 14.8 Å². The first-order chi connectivity index (χ1) is 12.8. The lowest BCUT2D eigenvalue weighted by Crippen LogP contribution is -2.66. The number of nitrogens with one attached hydrogen (secondary N) is 1. The number of hydrogen-bond donors (Lipinski definition) is 1. The molecule has 0 saturated heterocycles. The summed E-state index contributed by atoms with van der Waals surface area (Å²) in [5.74, 6) is -3.64. The largest absolute Gasteiger partial charge is 0.492 e. The van der Waals surface area contributed by atoms with Gasteiger partial charge >= 0.3 is 18.1 Å². The van der Waals surface area contributed by atoms with Crippen LogP contribution in [0.25, 0.3) is 0 Å². The highest BCUT2D eigenvalue weighted by Crippen LogP contribution is 2.46. The maximum absolute atomic E-state index is 13.7. The molecule has 2 aliphatic rings. The van der Waals surface area contributed by atoms with Crippen LogP contribution in [0.15, 0.2) is 42.5 Å². The quantitative estimate of drug-likeness (QED) is 0.787. The van der Waals surface area contributed by atoms with E-state index < -0.39 is 18.1 Å². The summed E-state index contributed by atoms with van der Waals surface area (Å²) in [6.07, 6.45) is -4.46. The first-order valence-corrected chi connectivity index (χ1v) is 8.53. The fraction of sp³-hybridized carbons (Fsp3) is 0.278. The van der Waals surface area contributed by atoms with E-state index in [4.69, 9.17) is 21.1 Å². The van der Waals surface area contributed by atoms with Crippen molar-refractivity contribution in [3.05, 3.63) is 58.6 Å². The number of amides is 2. The van der Waals surface area contributed by atoms with Crippen LogP contribution in [0, 0.1) is 0 Å². The Labute approximate surface area is 157 Å². The smallest absolute Gasteiger partial charge is 0.424 e. The van der Waals surface area contributed by atoms with Crippen molar-refractivity contribution < 1.29 is 27.4 Å². The van der Waals surface area contributed by atoms with Crippen LogP contribution in [-0.4, -0.2) is 29.6 Å². The molecule has 0 spiro atoms. The molecule has 1 atom stereocenters. The second-order valence-corrected chi connectivity index (χ2v) is 6.72. The molecule has 4 rings (SSSR count). The van der Waals surface area contributed by atoms with Gasteiger partial charge in [-0.25, -0.2) is 4.79 Å². The molecule has 0 unspecified atom stereocenters. The van der Waals surface area contributed by atoms with Crippen molar-refractivity contribution in [2.75, 3.05) is 6.54 Å². The summed E-state index contributed by atoms with van der Waals surface area (Å²) in [5.41, 5.74) is 1.96. The first-order valence-electron chi connectivity index (χ1n) is 8.16. The lowest BCUT2D eigenvalue weighted by molar-refractivity contribution is -0.318. The molecule has 0 aromatic heterocycles. The highest BCUT2D eigenvalue weighted by Gasteiger charge is 2.66. The van der Waals surface area contributed by atoms with E-state index in [0.717, 1.165) is 11.1 Å². The Kier molecular flexibility index (Phi) is 4.10. The number of urea groups is 1. The first kappa shape index (κ1) is 17.8. The van der Waals surface area contributed by atoms with Gasteiger partial charge in [0.15, 0.2) is 11.5 Å². The predicted octanol–water partition coefficient (Wildman–Crippen LogP) is 4.10. The molecule has 0 bridgehead atoms. The molecule has 1 N–H and O–H groups in total. The van der Waals surface area contributed by atoms with Crippen LogP contribution in [0.5, 0.6) is 11.5 Å². The Morgan fingerprint density at radius 3 is 2.56 bits per heavy atom. The Morgan fingerprint density at radius 1 is 1.11 bits per heavy atom. The van der Waals surface area contributed by atoms with Gasteiger partial charge in [-0.1, -0.05) is 35.9 Å². The number of carbonyl (C=O) groups excluding carboxylic acids is 1. The van der Waals surface area contributed by atoms with Crippen molar-refractivity contribution in [1.82, 2.24) is 10.2 Å². The molecule has 0 saturated carbocycles. The van der Waals surface area contributed by atoms with E-state index in [9.17, 15) is 18.0 Å². The summed E-state index contributed by atoms with van der Waals surface area (Å²) < 4.78 is 51.2. The third kappa shape index (κ3) is 3.14. The summed E-state index contributed by atoms with van der Waals surface area (Å²) in [7, 11) is 0. The number of rotatable bonds is 1. The number of ether oxygens (including phenoxy) is 2. The number of fused-ring (bicyclic) bond motifs is 2. The van der Waals surface area contributed by atoms with Crippen molar-refractivity contribution in [1.29, 1.82) is 0 Å². The van der Waals surface area contributed by atoms with Gasteiger partial charge in [-0.05, 0) is 29.7 Å². The van der Waals surface area contributed by atoms with E-state index in [1.165, 1.54) is 23.1 Å². The maximum atomic E-state index is 13.7. The molecule has 2 aromatic carbocycles. The number of carbonyl (C=O) groups is 1. The zero-order valence-electron chi connectivity index (χ0n) is 13.8. The second kappa shape index (κ2) is 6.23. The van der Waals surface area contributed by atoms with Gasteiger partial charge in [0, 0.05) is 24.2 Å². The third-order valence-corrected chi connectivity index (χ3v) is 4.71. The SMILES string of the molecule is O=C(N[C@@]1(C(F)(F)F)Oc2ccc(Cl)cc2O1)N1CCc2ccccc2C1. The average molecular weight is 399 g/mol. The van der Waals surface area contributed by atoms with Crippen molar-refractivity contribution in [2.45, 2.75) is 25.1 Å². The summed E-state index contributed by atoms with van der Waals surface area (Å²) in [6.45, 7) is 0.490. The Hall–Kier alpha value is -2.61. The van der Waals surface area contributed by atoms with Crippen molar-refractivity contribution in [2.24, 2.45) is 0 Å². The zero-order valence-corrected chi connectivity index (χ0v) is 14.6. The van der Waals surface area contributed by atoms with Gasteiger partial charge in [-0.15, -0.1) is 0 Å². The van der Waals surface area contributed by atoms with Crippen LogP contribution >= 0.6 is 11.6 Å². The maximum Gasteiger partial charge on any atom is 0.492 e. The van der Waals surface area contributed by atoms with Crippen molar-refractivity contribution in [3.63, 3.8) is 0 Å². The van der Waals surface area contributed by atoms with E-state index >= 15 is 0 Å². The number of benzene rings is 2. The molecule has 0 radical (unpaired) electrons. The number of halogens is 4. The molecule has 0 aliphatic carbocycles. The average Bonchev–Trinajstić information content (AvgIpc) is 2.99. The van der Waals surface area contributed by atoms with E-state index in [1.54, 1.807) is 0 Å². The summed E-state index contributed by atoms with van der Waals surface area (Å²) in [6, 6.07) is 10.4. The fourth-order valence-corrected chi connectivity index (χ4v) is 3.27. The lowest BCUT2D eigenvalue weighted by atomic mass is 10.0. The van der Waals surface area contributed by atoms with Gasteiger partial charge in [0.2, 0.25) is 0 Å². The Morgan fingerprint density at radius 2 is 1.81 bits per heavy atom. The van der Waals surface area contributed by atoms with Crippen LogP contribution in [0.2, 0.25) is 5.02 Å². The fourth-order valence-electron chi connectivity index (χ4n) is 3.10. The molecular formula is C18H14ClF3N2O3. The van der Waals surface area contributed by atoms with Gasteiger partial charge in [0.1, 0.15) is 0 Å². The topological polar surface area (TPSA) is 50.8 Å².